The zero-order chi connectivity index (χ0) is 14.3. The summed E-state index contributed by atoms with van der Waals surface area (Å²) in [5.74, 6) is 0.143. The van der Waals surface area contributed by atoms with Crippen LogP contribution in [0.5, 0.6) is 0 Å². The van der Waals surface area contributed by atoms with E-state index in [-0.39, 0.29) is 12.5 Å². The number of fused-ring (bicyclic) bond motifs is 1. The molecule has 2 unspecified atom stereocenters. The first kappa shape index (κ1) is 13.9. The third-order valence-corrected chi connectivity index (χ3v) is 4.72. The molecular weight excluding hydrogens is 324 g/mol. The van der Waals surface area contributed by atoms with Crippen LogP contribution in [0.25, 0.3) is 0 Å². The van der Waals surface area contributed by atoms with Crippen molar-refractivity contribution in [3.63, 3.8) is 0 Å². The van der Waals surface area contributed by atoms with Gasteiger partial charge in [0.15, 0.2) is 6.10 Å². The van der Waals surface area contributed by atoms with Gasteiger partial charge in [-0.2, -0.15) is 0 Å². The number of amides is 1. The molecule has 0 bridgehead atoms. The van der Waals surface area contributed by atoms with Gasteiger partial charge in [0.1, 0.15) is 0 Å². The van der Waals surface area contributed by atoms with Crippen molar-refractivity contribution >= 4 is 33.2 Å². The highest BCUT2D eigenvalue weighted by atomic mass is 79.9. The first-order valence-corrected chi connectivity index (χ1v) is 7.57. The molecule has 0 aromatic heterocycles. The van der Waals surface area contributed by atoms with E-state index < -0.39 is 6.10 Å². The zero-order valence-corrected chi connectivity index (χ0v) is 12.6. The van der Waals surface area contributed by atoms with E-state index in [0.717, 1.165) is 36.1 Å². The van der Waals surface area contributed by atoms with Crippen molar-refractivity contribution in [3.05, 3.63) is 22.2 Å². The van der Waals surface area contributed by atoms with Crippen LogP contribution in [0.15, 0.2) is 16.6 Å². The third-order valence-electron chi connectivity index (χ3n) is 4.08. The van der Waals surface area contributed by atoms with E-state index in [4.69, 9.17) is 5.11 Å². The summed E-state index contributed by atoms with van der Waals surface area (Å²) in [5, 5.41) is 21.5. The lowest BCUT2D eigenvalue weighted by molar-refractivity contribution is -0.123. The summed E-state index contributed by atoms with van der Waals surface area (Å²) >= 11 is 3.53. The van der Waals surface area contributed by atoms with Gasteiger partial charge in [0.25, 0.3) is 5.91 Å². The van der Waals surface area contributed by atoms with Crippen molar-refractivity contribution < 1.29 is 15.0 Å². The van der Waals surface area contributed by atoms with Crippen molar-refractivity contribution in [2.75, 3.05) is 29.9 Å². The molecular formula is C14H17BrN2O3. The van der Waals surface area contributed by atoms with Gasteiger partial charge in [0.2, 0.25) is 0 Å². The van der Waals surface area contributed by atoms with Crippen LogP contribution in [-0.4, -0.2) is 35.8 Å². The fourth-order valence-electron chi connectivity index (χ4n) is 2.97. The molecule has 0 saturated carbocycles. The van der Waals surface area contributed by atoms with Gasteiger partial charge < -0.3 is 20.4 Å². The Bertz CT molecular complexity index is 549. The topological polar surface area (TPSA) is 72.8 Å². The summed E-state index contributed by atoms with van der Waals surface area (Å²) in [4.78, 5) is 13.7. The van der Waals surface area contributed by atoms with E-state index >= 15 is 0 Å². The largest absolute Gasteiger partial charge is 0.396 e. The van der Waals surface area contributed by atoms with Crippen LogP contribution < -0.4 is 10.2 Å². The van der Waals surface area contributed by atoms with Crippen molar-refractivity contribution in [2.24, 2.45) is 5.92 Å². The number of halogens is 1. The maximum atomic E-state index is 11.5. The lowest BCUT2D eigenvalue weighted by Gasteiger charge is -2.21. The molecule has 0 radical (unpaired) electrons. The second-order valence-electron chi connectivity index (χ2n) is 5.40. The van der Waals surface area contributed by atoms with Crippen molar-refractivity contribution in [1.82, 2.24) is 0 Å². The minimum Gasteiger partial charge on any atom is -0.396 e. The molecule has 1 amide bonds. The lowest BCUT2D eigenvalue weighted by atomic mass is 10.1. The minimum atomic E-state index is -1.07. The molecule has 5 nitrogen and oxygen atoms in total. The second-order valence-corrected chi connectivity index (χ2v) is 6.25. The zero-order valence-electron chi connectivity index (χ0n) is 11.0. The fourth-order valence-corrected chi connectivity index (χ4v) is 3.58. The van der Waals surface area contributed by atoms with Crippen LogP contribution >= 0.6 is 15.9 Å². The van der Waals surface area contributed by atoms with Gasteiger partial charge in [-0.25, -0.2) is 0 Å². The molecule has 1 aromatic carbocycles. The predicted octanol–water partition coefficient (Wildman–Crippen LogP) is 1.64. The molecule has 20 heavy (non-hydrogen) atoms. The monoisotopic (exact) mass is 340 g/mol. The van der Waals surface area contributed by atoms with Crippen molar-refractivity contribution in [1.29, 1.82) is 0 Å². The number of aliphatic hydroxyl groups is 2. The number of nitrogens with one attached hydrogen (secondary N) is 1. The Labute approximate surface area is 125 Å². The van der Waals surface area contributed by atoms with Crippen molar-refractivity contribution in [3.8, 4) is 0 Å². The molecule has 1 aromatic rings. The molecule has 3 N–H and O–H groups in total. The maximum Gasteiger partial charge on any atom is 0.257 e. The number of aliphatic hydroxyl groups excluding tert-OH is 2. The van der Waals surface area contributed by atoms with Crippen LogP contribution in [0.4, 0.5) is 11.4 Å². The van der Waals surface area contributed by atoms with Crippen LogP contribution in [-0.2, 0) is 4.79 Å². The molecule has 0 spiro atoms. The highest BCUT2D eigenvalue weighted by Crippen LogP contribution is 2.40. The van der Waals surface area contributed by atoms with Crippen LogP contribution in [0.3, 0.4) is 0 Å². The van der Waals surface area contributed by atoms with Gasteiger partial charge in [0.05, 0.1) is 5.69 Å². The van der Waals surface area contributed by atoms with Gasteiger partial charge in [-0.1, -0.05) is 0 Å². The second kappa shape index (κ2) is 5.35. The molecule has 108 valence electrons. The SMILES string of the molecule is O=C1Nc2cc(N3CCC(CCO)C3)c(Br)cc2C1O. The summed E-state index contributed by atoms with van der Waals surface area (Å²) in [6, 6.07) is 3.72. The van der Waals surface area contributed by atoms with E-state index in [2.05, 4.69) is 26.1 Å². The number of carbonyl (C=O) groups is 1. The Balaban J connectivity index is 1.86. The first-order valence-electron chi connectivity index (χ1n) is 6.78. The number of carbonyl (C=O) groups excluding carboxylic acids is 1. The highest BCUT2D eigenvalue weighted by Gasteiger charge is 2.31. The Morgan fingerprint density at radius 1 is 1.45 bits per heavy atom. The number of hydrogen-bond acceptors (Lipinski definition) is 4. The molecule has 3 rings (SSSR count). The molecule has 2 aliphatic heterocycles. The fraction of sp³-hybridized carbons (Fsp3) is 0.500. The van der Waals surface area contributed by atoms with Gasteiger partial charge in [-0.05, 0) is 46.8 Å². The van der Waals surface area contributed by atoms with Gasteiger partial charge in [-0.15, -0.1) is 0 Å². The van der Waals surface area contributed by atoms with E-state index in [1.165, 1.54) is 0 Å². The quantitative estimate of drug-likeness (QED) is 0.782. The number of benzene rings is 1. The maximum absolute atomic E-state index is 11.5. The van der Waals surface area contributed by atoms with Crippen LogP contribution in [0.2, 0.25) is 0 Å². The Morgan fingerprint density at radius 3 is 3.00 bits per heavy atom. The predicted molar refractivity (Wildman–Crippen MR) is 79.8 cm³/mol. The Hall–Kier alpha value is -1.11. The summed E-state index contributed by atoms with van der Waals surface area (Å²) < 4.78 is 0.886. The Morgan fingerprint density at radius 2 is 2.25 bits per heavy atom. The van der Waals surface area contributed by atoms with Gasteiger partial charge in [-0.3, -0.25) is 4.79 Å². The summed E-state index contributed by atoms with van der Waals surface area (Å²) in [6.45, 7) is 2.08. The van der Waals surface area contributed by atoms with Crippen LogP contribution in [0, 0.1) is 5.92 Å². The molecule has 1 fully saturated rings. The molecule has 1 saturated heterocycles. The first-order chi connectivity index (χ1) is 9.60. The molecule has 6 heteroatoms. The number of anilines is 2. The van der Waals surface area contributed by atoms with Gasteiger partial charge in [0, 0.05) is 35.4 Å². The summed E-state index contributed by atoms with van der Waals surface area (Å²) in [6.07, 6.45) is 0.823. The molecule has 2 aliphatic rings. The van der Waals surface area contributed by atoms with E-state index in [0.29, 0.717) is 17.2 Å². The molecule has 2 heterocycles. The average molecular weight is 341 g/mol. The smallest absolute Gasteiger partial charge is 0.257 e. The van der Waals surface area contributed by atoms with Crippen molar-refractivity contribution in [2.45, 2.75) is 18.9 Å². The highest BCUT2D eigenvalue weighted by molar-refractivity contribution is 9.10. The Kier molecular flexibility index (Phi) is 3.70. The normalized spacial score (nSPS) is 24.9. The molecule has 2 atom stereocenters. The van der Waals surface area contributed by atoms with Crippen LogP contribution in [0.1, 0.15) is 24.5 Å². The summed E-state index contributed by atoms with van der Waals surface area (Å²) in [5.41, 5.74) is 2.33. The van der Waals surface area contributed by atoms with E-state index in [1.807, 2.05) is 12.1 Å². The van der Waals surface area contributed by atoms with Gasteiger partial charge >= 0.3 is 0 Å². The average Bonchev–Trinajstić information content (AvgIpc) is 2.97. The lowest BCUT2D eigenvalue weighted by Crippen LogP contribution is -2.20. The standard InChI is InChI=1S/C14H17BrN2O3/c15-10-5-9-11(16-14(20)13(9)19)6-12(10)17-3-1-8(7-17)2-4-18/h5-6,8,13,18-19H,1-4,7H2,(H,16,20). The number of hydrogen-bond donors (Lipinski definition) is 3. The van der Waals surface area contributed by atoms with E-state index in [1.54, 1.807) is 0 Å². The minimum absolute atomic E-state index is 0.228. The number of nitrogens with zero attached hydrogens (tertiary/aromatic N) is 1. The number of rotatable bonds is 3. The summed E-state index contributed by atoms with van der Waals surface area (Å²) in [7, 11) is 0. The van der Waals surface area contributed by atoms with E-state index in [9.17, 15) is 9.90 Å². The molecule has 0 aliphatic carbocycles. The third kappa shape index (κ3) is 2.32.